The largest absolute Gasteiger partial charge is 0.491 e. The average Bonchev–Trinajstić information content (AvgIpc) is 2.52. The number of aryl methyl sites for hydroxylation is 1. The van der Waals surface area contributed by atoms with Gasteiger partial charge in [0.05, 0.1) is 12.2 Å². The van der Waals surface area contributed by atoms with Crippen LogP contribution in [-0.2, 0) is 6.54 Å². The predicted molar refractivity (Wildman–Crippen MR) is 81.5 cm³/mol. The molecule has 5 nitrogen and oxygen atoms in total. The number of thioether (sulfide) groups is 1. The predicted octanol–water partition coefficient (Wildman–Crippen LogP) is 2.31. The van der Waals surface area contributed by atoms with Gasteiger partial charge in [-0.25, -0.2) is 0 Å². The third-order valence-corrected chi connectivity index (χ3v) is 3.72. The Balaban J connectivity index is 1.92. The molecule has 0 radical (unpaired) electrons. The highest BCUT2D eigenvalue weighted by molar-refractivity contribution is 7.99. The first-order valence-corrected chi connectivity index (χ1v) is 7.55. The summed E-state index contributed by atoms with van der Waals surface area (Å²) >= 11 is 1.46. The lowest BCUT2D eigenvalue weighted by atomic mass is 10.2. The van der Waals surface area contributed by atoms with Gasteiger partial charge in [-0.2, -0.15) is 10.2 Å². The molecule has 0 aliphatic heterocycles. The molecule has 0 unspecified atom stereocenters. The van der Waals surface area contributed by atoms with E-state index < -0.39 is 0 Å². The number of nitriles is 1. The van der Waals surface area contributed by atoms with Gasteiger partial charge in [-0.1, -0.05) is 23.9 Å². The van der Waals surface area contributed by atoms with Gasteiger partial charge in [-0.3, -0.25) is 4.79 Å². The van der Waals surface area contributed by atoms with E-state index >= 15 is 0 Å². The van der Waals surface area contributed by atoms with E-state index in [0.29, 0.717) is 28.8 Å². The first-order valence-electron chi connectivity index (χ1n) is 6.57. The molecule has 2 rings (SSSR count). The minimum absolute atomic E-state index is 0.238. The Morgan fingerprint density at radius 1 is 1.38 bits per heavy atom. The monoisotopic (exact) mass is 301 g/mol. The van der Waals surface area contributed by atoms with E-state index in [2.05, 4.69) is 11.1 Å². The van der Waals surface area contributed by atoms with Crippen molar-refractivity contribution in [2.75, 3.05) is 12.4 Å². The fourth-order valence-corrected chi connectivity index (χ4v) is 2.60. The quantitative estimate of drug-likeness (QED) is 0.465. The van der Waals surface area contributed by atoms with E-state index in [-0.39, 0.29) is 5.56 Å². The summed E-state index contributed by atoms with van der Waals surface area (Å²) in [5, 5.41) is 9.65. The Morgan fingerprint density at radius 2 is 2.19 bits per heavy atom. The molecule has 0 N–H and O–H groups in total. The van der Waals surface area contributed by atoms with E-state index in [9.17, 15) is 4.79 Å². The van der Waals surface area contributed by atoms with Crippen molar-refractivity contribution in [3.8, 4) is 11.8 Å². The zero-order valence-corrected chi connectivity index (χ0v) is 12.5. The van der Waals surface area contributed by atoms with Gasteiger partial charge in [0.15, 0.2) is 5.16 Å². The van der Waals surface area contributed by atoms with Crippen molar-refractivity contribution in [1.29, 1.82) is 5.26 Å². The van der Waals surface area contributed by atoms with Crippen molar-refractivity contribution in [3.05, 3.63) is 52.4 Å². The van der Waals surface area contributed by atoms with Crippen LogP contribution in [0.2, 0.25) is 0 Å². The van der Waals surface area contributed by atoms with Gasteiger partial charge in [0.2, 0.25) is 0 Å². The Labute approximate surface area is 127 Å². The van der Waals surface area contributed by atoms with Gasteiger partial charge >= 0.3 is 0 Å². The topological polar surface area (TPSA) is 67.9 Å². The maximum Gasteiger partial charge on any atom is 0.273 e. The van der Waals surface area contributed by atoms with Crippen LogP contribution in [0, 0.1) is 11.3 Å². The molecule has 21 heavy (non-hydrogen) atoms. The first-order chi connectivity index (χ1) is 10.2. The molecule has 1 aromatic heterocycles. The summed E-state index contributed by atoms with van der Waals surface area (Å²) in [6.07, 6.45) is 1.74. The van der Waals surface area contributed by atoms with E-state index in [1.54, 1.807) is 24.4 Å². The third kappa shape index (κ3) is 4.10. The van der Waals surface area contributed by atoms with E-state index in [1.165, 1.54) is 17.8 Å². The molecule has 108 valence electrons. The molecule has 0 aliphatic carbocycles. The lowest BCUT2D eigenvalue weighted by Gasteiger charge is -2.10. The highest BCUT2D eigenvalue weighted by Crippen LogP contribution is 2.18. The van der Waals surface area contributed by atoms with Crippen LogP contribution in [0.3, 0.4) is 0 Å². The van der Waals surface area contributed by atoms with Crippen molar-refractivity contribution in [1.82, 2.24) is 9.55 Å². The number of benzene rings is 1. The molecule has 0 bridgehead atoms. The fraction of sp³-hybridized carbons (Fsp3) is 0.267. The molecular formula is C15H15N3O2S. The second kappa shape index (κ2) is 7.50. The van der Waals surface area contributed by atoms with Crippen molar-refractivity contribution in [2.45, 2.75) is 18.6 Å². The number of ether oxygens (including phenoxy) is 1. The van der Waals surface area contributed by atoms with Gasteiger partial charge in [-0.05, 0) is 19.1 Å². The number of hydrogen-bond donors (Lipinski definition) is 0. The number of para-hydroxylation sites is 1. The van der Waals surface area contributed by atoms with Crippen molar-refractivity contribution in [3.63, 3.8) is 0 Å². The molecule has 0 amide bonds. The van der Waals surface area contributed by atoms with E-state index in [4.69, 9.17) is 10.00 Å². The number of hydrogen-bond acceptors (Lipinski definition) is 5. The smallest absolute Gasteiger partial charge is 0.273 e. The summed E-state index contributed by atoms with van der Waals surface area (Å²) in [6.45, 7) is 3.20. The second-order valence-corrected chi connectivity index (χ2v) is 5.20. The highest BCUT2D eigenvalue weighted by Gasteiger charge is 2.04. The average molecular weight is 301 g/mol. The van der Waals surface area contributed by atoms with Crippen LogP contribution in [0.5, 0.6) is 5.75 Å². The Hall–Kier alpha value is -2.26. The Morgan fingerprint density at radius 3 is 2.95 bits per heavy atom. The molecule has 0 saturated heterocycles. The Kier molecular flexibility index (Phi) is 5.41. The standard InChI is InChI=1S/C15H15N3O2S/c1-2-18-8-7-14(19)17-15(18)21-10-9-20-13-6-4-3-5-12(13)11-16/h3-8H,2,9-10H2,1H3. The van der Waals surface area contributed by atoms with Crippen LogP contribution in [0.15, 0.2) is 46.5 Å². The molecule has 0 saturated carbocycles. The van der Waals surface area contributed by atoms with E-state index in [0.717, 1.165) is 6.54 Å². The number of nitrogens with zero attached hydrogens (tertiary/aromatic N) is 3. The van der Waals surface area contributed by atoms with Gasteiger partial charge in [0.1, 0.15) is 11.8 Å². The minimum atomic E-state index is -0.238. The summed E-state index contributed by atoms with van der Waals surface area (Å²) in [5.41, 5.74) is 0.281. The van der Waals surface area contributed by atoms with Crippen molar-refractivity contribution in [2.24, 2.45) is 0 Å². The van der Waals surface area contributed by atoms with Crippen LogP contribution < -0.4 is 10.3 Å². The molecular weight excluding hydrogens is 286 g/mol. The molecule has 0 fully saturated rings. The van der Waals surface area contributed by atoms with E-state index in [1.807, 2.05) is 17.6 Å². The highest BCUT2D eigenvalue weighted by atomic mass is 32.2. The van der Waals surface area contributed by atoms with Crippen molar-refractivity contribution < 1.29 is 4.74 Å². The van der Waals surface area contributed by atoms with Crippen LogP contribution in [-0.4, -0.2) is 21.9 Å². The zero-order chi connectivity index (χ0) is 15.1. The van der Waals surface area contributed by atoms with Crippen LogP contribution in [0.4, 0.5) is 0 Å². The van der Waals surface area contributed by atoms with Crippen LogP contribution >= 0.6 is 11.8 Å². The van der Waals surface area contributed by atoms with Crippen LogP contribution in [0.1, 0.15) is 12.5 Å². The fourth-order valence-electron chi connectivity index (χ4n) is 1.74. The first kappa shape index (κ1) is 15.1. The zero-order valence-electron chi connectivity index (χ0n) is 11.7. The molecule has 0 aliphatic rings. The Bertz CT molecular complexity index is 707. The number of rotatable bonds is 6. The second-order valence-electron chi connectivity index (χ2n) is 4.14. The molecule has 0 atom stereocenters. The SMILES string of the molecule is CCn1ccc(=O)nc1SCCOc1ccccc1C#N. The normalized spacial score (nSPS) is 10.1. The molecule has 0 spiro atoms. The summed E-state index contributed by atoms with van der Waals surface area (Å²) in [6, 6.07) is 10.7. The molecule has 1 heterocycles. The van der Waals surface area contributed by atoms with Gasteiger partial charge in [0.25, 0.3) is 5.56 Å². The molecule has 1 aromatic carbocycles. The number of aromatic nitrogens is 2. The maximum absolute atomic E-state index is 11.3. The third-order valence-electron chi connectivity index (χ3n) is 2.77. The minimum Gasteiger partial charge on any atom is -0.491 e. The van der Waals surface area contributed by atoms with Gasteiger partial charge in [0, 0.05) is 24.6 Å². The lowest BCUT2D eigenvalue weighted by Crippen LogP contribution is -2.13. The summed E-state index contributed by atoms with van der Waals surface area (Å²) in [5.74, 6) is 1.23. The van der Waals surface area contributed by atoms with Crippen molar-refractivity contribution >= 4 is 11.8 Å². The molecule has 2 aromatic rings. The maximum atomic E-state index is 11.3. The van der Waals surface area contributed by atoms with Gasteiger partial charge < -0.3 is 9.30 Å². The van der Waals surface area contributed by atoms with Gasteiger partial charge in [-0.15, -0.1) is 0 Å². The lowest BCUT2D eigenvalue weighted by molar-refractivity contribution is 0.342. The molecule has 6 heteroatoms. The summed E-state index contributed by atoms with van der Waals surface area (Å²) in [4.78, 5) is 15.3. The summed E-state index contributed by atoms with van der Waals surface area (Å²) in [7, 11) is 0. The summed E-state index contributed by atoms with van der Waals surface area (Å²) < 4.78 is 7.51. The van der Waals surface area contributed by atoms with Crippen LogP contribution in [0.25, 0.3) is 0 Å².